The van der Waals surface area contributed by atoms with E-state index in [9.17, 15) is 9.59 Å². The second-order valence-electron chi connectivity index (χ2n) is 6.26. The molecule has 0 spiro atoms. The van der Waals surface area contributed by atoms with Crippen LogP contribution in [0.15, 0.2) is 0 Å². The van der Waals surface area contributed by atoms with E-state index in [0.29, 0.717) is 19.8 Å². The lowest BCUT2D eigenvalue weighted by Gasteiger charge is -2.44. The predicted octanol–water partition coefficient (Wildman–Crippen LogP) is 1.90. The van der Waals surface area contributed by atoms with Gasteiger partial charge in [0.15, 0.2) is 0 Å². The maximum atomic E-state index is 12.3. The van der Waals surface area contributed by atoms with Crippen molar-refractivity contribution in [1.82, 2.24) is 0 Å². The Kier molecular flexibility index (Phi) is 4.18. The molecule has 22 heavy (non-hydrogen) atoms. The van der Waals surface area contributed by atoms with Crippen LogP contribution in [0.3, 0.4) is 0 Å². The lowest BCUT2D eigenvalue weighted by Crippen LogP contribution is -2.59. The van der Waals surface area contributed by atoms with Crippen molar-refractivity contribution in [2.24, 2.45) is 17.8 Å². The van der Waals surface area contributed by atoms with Gasteiger partial charge in [0, 0.05) is 19.8 Å². The summed E-state index contributed by atoms with van der Waals surface area (Å²) in [5.41, 5.74) is 0. The highest BCUT2D eigenvalue weighted by molar-refractivity contribution is 6.65. The number of hydrogen-bond acceptors (Lipinski definition) is 6. The van der Waals surface area contributed by atoms with Crippen LogP contribution in [0.4, 0.5) is 0 Å². The van der Waals surface area contributed by atoms with Crippen LogP contribution < -0.4 is 0 Å². The minimum Gasteiger partial charge on any atom is -0.393 e. The summed E-state index contributed by atoms with van der Waals surface area (Å²) >= 11 is 0. The van der Waals surface area contributed by atoms with Crippen LogP contribution in [-0.2, 0) is 27.6 Å². The molecule has 2 saturated carbocycles. The number of cyclic esters (lactones) is 2. The quantitative estimate of drug-likeness (QED) is 0.404. The van der Waals surface area contributed by atoms with E-state index in [4.69, 9.17) is 18.0 Å². The summed E-state index contributed by atoms with van der Waals surface area (Å²) in [5, 5.41) is -0.492. The normalized spacial score (nSPS) is 36.8. The van der Waals surface area contributed by atoms with Gasteiger partial charge in [-0.15, -0.1) is 0 Å². The van der Waals surface area contributed by atoms with Crippen molar-refractivity contribution in [1.29, 1.82) is 0 Å². The van der Waals surface area contributed by atoms with Gasteiger partial charge < -0.3 is 18.0 Å². The van der Waals surface area contributed by atoms with E-state index in [0.717, 1.165) is 19.3 Å². The van der Waals surface area contributed by atoms with Crippen molar-refractivity contribution in [3.8, 4) is 0 Å². The summed E-state index contributed by atoms with van der Waals surface area (Å²) in [4.78, 5) is 24.4. The maximum Gasteiger partial charge on any atom is 0.508 e. The first-order chi connectivity index (χ1) is 10.5. The van der Waals surface area contributed by atoms with Crippen LogP contribution >= 0.6 is 0 Å². The molecule has 1 aliphatic heterocycles. The summed E-state index contributed by atoms with van der Waals surface area (Å²) in [6.07, 6.45) is 2.49. The van der Waals surface area contributed by atoms with E-state index in [1.807, 2.05) is 20.8 Å². The fraction of sp³-hybridized carbons (Fsp3) is 0.867. The van der Waals surface area contributed by atoms with Crippen LogP contribution in [0.5, 0.6) is 0 Å². The van der Waals surface area contributed by atoms with Crippen LogP contribution in [-0.4, -0.2) is 40.6 Å². The van der Waals surface area contributed by atoms with E-state index in [-0.39, 0.29) is 17.8 Å². The molecule has 3 aliphatic rings. The Bertz CT molecular complexity index is 464. The molecule has 3 rings (SSSR count). The molecular weight excluding hydrogens is 304 g/mol. The third-order valence-corrected chi connectivity index (χ3v) is 9.38. The molecule has 0 aromatic carbocycles. The molecule has 0 radical (unpaired) electrons. The van der Waals surface area contributed by atoms with Crippen LogP contribution in [0, 0.1) is 17.8 Å². The monoisotopic (exact) mass is 328 g/mol. The smallest absolute Gasteiger partial charge is 0.393 e. The highest BCUT2D eigenvalue weighted by Crippen LogP contribution is 2.71. The third-order valence-electron chi connectivity index (χ3n) is 5.39. The minimum absolute atomic E-state index is 0.192. The largest absolute Gasteiger partial charge is 0.508 e. The van der Waals surface area contributed by atoms with Gasteiger partial charge in [-0.2, -0.15) is 0 Å². The summed E-state index contributed by atoms with van der Waals surface area (Å²) in [5.74, 6) is -1.36. The first-order valence-electron chi connectivity index (χ1n) is 8.22. The van der Waals surface area contributed by atoms with Crippen LogP contribution in [0.1, 0.15) is 40.0 Å². The molecule has 6 nitrogen and oxygen atoms in total. The van der Waals surface area contributed by atoms with Crippen LogP contribution in [0.25, 0.3) is 0 Å². The number of rotatable bonds is 7. The van der Waals surface area contributed by atoms with E-state index in [2.05, 4.69) is 0 Å². The lowest BCUT2D eigenvalue weighted by molar-refractivity contribution is -0.155. The summed E-state index contributed by atoms with van der Waals surface area (Å²) < 4.78 is 23.2. The number of carbonyl (C=O) groups excluding carboxylic acids is 2. The summed E-state index contributed by atoms with van der Waals surface area (Å²) in [7, 11) is -3.08. The van der Waals surface area contributed by atoms with Crippen molar-refractivity contribution in [2.75, 3.05) is 19.8 Å². The van der Waals surface area contributed by atoms with Gasteiger partial charge in [-0.05, 0) is 46.0 Å². The Morgan fingerprint density at radius 1 is 1.09 bits per heavy atom. The zero-order chi connectivity index (χ0) is 16.0. The van der Waals surface area contributed by atoms with Crippen LogP contribution in [0.2, 0.25) is 5.04 Å². The van der Waals surface area contributed by atoms with Gasteiger partial charge in [0.05, 0.1) is 16.9 Å². The van der Waals surface area contributed by atoms with Gasteiger partial charge in [-0.1, -0.05) is 0 Å². The Hall–Kier alpha value is -0.763. The Morgan fingerprint density at radius 2 is 1.68 bits per heavy atom. The van der Waals surface area contributed by atoms with Crippen molar-refractivity contribution < 1.29 is 27.6 Å². The molecule has 1 heterocycles. The van der Waals surface area contributed by atoms with Gasteiger partial charge in [-0.3, -0.25) is 9.59 Å². The Balaban J connectivity index is 2.05. The molecule has 124 valence electrons. The van der Waals surface area contributed by atoms with Gasteiger partial charge in [0.2, 0.25) is 0 Å². The average molecular weight is 328 g/mol. The molecule has 3 fully saturated rings. The van der Waals surface area contributed by atoms with E-state index in [1.54, 1.807) is 0 Å². The first kappa shape index (κ1) is 16.1. The molecule has 0 N–H and O–H groups in total. The predicted molar refractivity (Wildman–Crippen MR) is 78.7 cm³/mol. The Morgan fingerprint density at radius 3 is 2.23 bits per heavy atom. The fourth-order valence-corrected chi connectivity index (χ4v) is 8.74. The molecule has 1 saturated heterocycles. The second kappa shape index (κ2) is 5.70. The molecule has 4 unspecified atom stereocenters. The molecule has 0 aromatic rings. The minimum atomic E-state index is -3.08. The van der Waals surface area contributed by atoms with Gasteiger partial charge >= 0.3 is 20.7 Å². The zero-order valence-corrected chi connectivity index (χ0v) is 14.4. The van der Waals surface area contributed by atoms with Crippen molar-refractivity contribution in [3.63, 3.8) is 0 Å². The zero-order valence-electron chi connectivity index (χ0n) is 13.4. The fourth-order valence-electron chi connectivity index (χ4n) is 4.85. The molecule has 4 atom stereocenters. The first-order valence-corrected chi connectivity index (χ1v) is 9.95. The topological polar surface area (TPSA) is 71.1 Å². The highest BCUT2D eigenvalue weighted by Gasteiger charge is 2.78. The van der Waals surface area contributed by atoms with Crippen molar-refractivity contribution in [2.45, 2.75) is 45.1 Å². The maximum absolute atomic E-state index is 12.3. The average Bonchev–Trinajstić information content (AvgIpc) is 3.12. The number of fused-ring (bicyclic) bond motifs is 5. The molecule has 0 amide bonds. The standard InChI is InChI=1S/C15H24O6Si/c1-4-18-22(19-5-2,20-6-3)15-8-7-10(9-15)11-12(15)14(17)21-13(11)16/h10-12H,4-9H2,1-3H3. The van der Waals surface area contributed by atoms with Crippen molar-refractivity contribution >= 4 is 20.7 Å². The third kappa shape index (κ3) is 1.95. The van der Waals surface area contributed by atoms with E-state index < -0.39 is 25.7 Å². The Labute approximate surface area is 131 Å². The number of hydrogen-bond donors (Lipinski definition) is 0. The molecular formula is C15H24O6Si. The summed E-state index contributed by atoms with van der Waals surface area (Å²) in [6.45, 7) is 7.14. The lowest BCUT2D eigenvalue weighted by atomic mass is 9.80. The SMILES string of the molecule is CCO[Si](OCC)(OCC)C12CCC(C1)C1C(=O)OC(=O)C12. The molecule has 2 bridgehead atoms. The molecule has 2 aliphatic carbocycles. The number of carbonyl (C=O) groups is 2. The second-order valence-corrected chi connectivity index (χ2v) is 9.23. The number of esters is 2. The summed E-state index contributed by atoms with van der Waals surface area (Å²) in [6, 6.07) is 0. The number of ether oxygens (including phenoxy) is 1. The van der Waals surface area contributed by atoms with Crippen molar-refractivity contribution in [3.05, 3.63) is 0 Å². The van der Waals surface area contributed by atoms with Gasteiger partial charge in [0.1, 0.15) is 0 Å². The van der Waals surface area contributed by atoms with E-state index >= 15 is 0 Å². The van der Waals surface area contributed by atoms with Gasteiger partial charge in [0.25, 0.3) is 0 Å². The molecule has 7 heteroatoms. The highest BCUT2D eigenvalue weighted by atomic mass is 28.4. The van der Waals surface area contributed by atoms with E-state index in [1.165, 1.54) is 0 Å². The molecule has 0 aromatic heterocycles. The van der Waals surface area contributed by atoms with Gasteiger partial charge in [-0.25, -0.2) is 0 Å².